The van der Waals surface area contributed by atoms with Crippen LogP contribution >= 0.6 is 0 Å². The normalized spacial score (nSPS) is 9.00. The molecule has 5 nitrogen and oxygen atoms in total. The minimum Gasteiger partial charge on any atom is -0.450 e. The van der Waals surface area contributed by atoms with Crippen molar-refractivity contribution in [2.24, 2.45) is 11.5 Å². The number of hydrogen-bond acceptors (Lipinski definition) is 3. The third kappa shape index (κ3) is 53.4. The van der Waals surface area contributed by atoms with Crippen molar-refractivity contribution < 1.29 is 15.0 Å². The summed E-state index contributed by atoms with van der Waals surface area (Å²) >= 11 is 0. The Labute approximate surface area is 124 Å². The fourth-order valence-electron chi connectivity index (χ4n) is 1.50. The molecule has 0 heterocycles. The summed E-state index contributed by atoms with van der Waals surface area (Å²) in [5.41, 5.74) is 10.6. The van der Waals surface area contributed by atoms with Crippen LogP contribution in [0, 0.1) is 0 Å². The molecule has 0 aromatic rings. The molecule has 5 heteroatoms. The van der Waals surface area contributed by atoms with Gasteiger partial charge in [-0.3, -0.25) is 0 Å². The predicted molar refractivity (Wildman–Crippen MR) is 86.3 cm³/mol. The van der Waals surface area contributed by atoms with Crippen molar-refractivity contribution in [1.82, 2.24) is 0 Å². The van der Waals surface area contributed by atoms with Gasteiger partial charge in [0.2, 0.25) is 0 Å². The molecule has 0 rings (SSSR count). The number of rotatable bonds is 10. The van der Waals surface area contributed by atoms with E-state index in [2.05, 4.69) is 13.8 Å². The molecule has 0 radical (unpaired) electrons. The molecule has 0 saturated carbocycles. The van der Waals surface area contributed by atoms with Gasteiger partial charge in [0.25, 0.3) is 0 Å². The fourth-order valence-corrected chi connectivity index (χ4v) is 1.50. The van der Waals surface area contributed by atoms with E-state index < -0.39 is 6.16 Å². The Morgan fingerprint density at radius 2 is 0.950 bits per heavy atom. The van der Waals surface area contributed by atoms with Crippen molar-refractivity contribution in [3.8, 4) is 0 Å². The molecule has 0 aromatic heterocycles. The van der Waals surface area contributed by atoms with Crippen molar-refractivity contribution in [3.05, 3.63) is 0 Å². The second kappa shape index (κ2) is 26.7. The molecule has 0 saturated heterocycles. The zero-order valence-corrected chi connectivity index (χ0v) is 13.4. The Kier molecular flexibility index (Phi) is 32.3. The minimum atomic E-state index is -1.83. The first-order valence-corrected chi connectivity index (χ1v) is 7.88. The topological polar surface area (TPSA) is 110 Å². The van der Waals surface area contributed by atoms with Gasteiger partial charge in [0.05, 0.1) is 0 Å². The van der Waals surface area contributed by atoms with Crippen molar-refractivity contribution in [2.45, 2.75) is 78.1 Å². The number of unbranched alkanes of at least 4 members (excludes halogenated alkanes) is 8. The maximum absolute atomic E-state index is 8.56. The van der Waals surface area contributed by atoms with Crippen LogP contribution in [0.3, 0.4) is 0 Å². The first-order valence-electron chi connectivity index (χ1n) is 7.88. The summed E-state index contributed by atoms with van der Waals surface area (Å²) in [4.78, 5) is 8.56. The van der Waals surface area contributed by atoms with Crippen molar-refractivity contribution in [2.75, 3.05) is 13.1 Å². The lowest BCUT2D eigenvalue weighted by Gasteiger charge is -1.93. The third-order valence-corrected chi connectivity index (χ3v) is 2.62. The van der Waals surface area contributed by atoms with E-state index in [0.29, 0.717) is 0 Å². The molecule has 124 valence electrons. The van der Waals surface area contributed by atoms with E-state index in [1.165, 1.54) is 64.2 Å². The van der Waals surface area contributed by atoms with Gasteiger partial charge in [-0.2, -0.15) is 0 Å². The van der Waals surface area contributed by atoms with Crippen molar-refractivity contribution >= 4 is 6.16 Å². The number of nitrogens with two attached hydrogens (primary N) is 2. The number of hydrogen-bond donors (Lipinski definition) is 4. The second-order valence-electron chi connectivity index (χ2n) is 4.69. The lowest BCUT2D eigenvalue weighted by Crippen LogP contribution is -1.97. The SMILES string of the molecule is CCCCCCCN.CCCCCCCN.O=C(O)O. The summed E-state index contributed by atoms with van der Waals surface area (Å²) in [6, 6.07) is 0. The molecule has 0 amide bonds. The smallest absolute Gasteiger partial charge is 0.450 e. The highest BCUT2D eigenvalue weighted by atomic mass is 16.6. The van der Waals surface area contributed by atoms with Crippen LogP contribution in [-0.4, -0.2) is 29.5 Å². The molecule has 0 unspecified atom stereocenters. The van der Waals surface area contributed by atoms with Crippen LogP contribution in [0.25, 0.3) is 0 Å². The highest BCUT2D eigenvalue weighted by Gasteiger charge is 1.84. The number of carboxylic acid groups (broad SMARTS) is 2. The van der Waals surface area contributed by atoms with Crippen LogP contribution in [0.15, 0.2) is 0 Å². The Bertz CT molecular complexity index is 139. The monoisotopic (exact) mass is 292 g/mol. The van der Waals surface area contributed by atoms with Gasteiger partial charge in [0, 0.05) is 0 Å². The maximum Gasteiger partial charge on any atom is 0.503 e. The van der Waals surface area contributed by atoms with Gasteiger partial charge in [0.15, 0.2) is 0 Å². The van der Waals surface area contributed by atoms with E-state index in [1.807, 2.05) is 0 Å². The van der Waals surface area contributed by atoms with E-state index in [9.17, 15) is 0 Å². The van der Waals surface area contributed by atoms with E-state index >= 15 is 0 Å². The molecular weight excluding hydrogens is 256 g/mol. The molecule has 6 N–H and O–H groups in total. The van der Waals surface area contributed by atoms with Crippen molar-refractivity contribution in [3.63, 3.8) is 0 Å². The number of carbonyl (C=O) groups is 1. The largest absolute Gasteiger partial charge is 0.503 e. The quantitative estimate of drug-likeness (QED) is 0.454. The van der Waals surface area contributed by atoms with Gasteiger partial charge in [-0.15, -0.1) is 0 Å². The van der Waals surface area contributed by atoms with Crippen LogP contribution < -0.4 is 11.5 Å². The van der Waals surface area contributed by atoms with Crippen LogP contribution in [0.4, 0.5) is 4.79 Å². The lowest BCUT2D eigenvalue weighted by atomic mass is 10.2. The van der Waals surface area contributed by atoms with E-state index in [-0.39, 0.29) is 0 Å². The van der Waals surface area contributed by atoms with Gasteiger partial charge in [-0.1, -0.05) is 65.2 Å². The summed E-state index contributed by atoms with van der Waals surface area (Å²) in [5, 5.41) is 13.9. The summed E-state index contributed by atoms with van der Waals surface area (Å²) in [7, 11) is 0. The summed E-state index contributed by atoms with van der Waals surface area (Å²) in [6.45, 7) is 6.18. The molecule has 0 aromatic carbocycles. The van der Waals surface area contributed by atoms with E-state index in [4.69, 9.17) is 26.5 Å². The summed E-state index contributed by atoms with van der Waals surface area (Å²) in [5.74, 6) is 0. The summed E-state index contributed by atoms with van der Waals surface area (Å²) in [6.07, 6.45) is 11.4. The van der Waals surface area contributed by atoms with Crippen LogP contribution in [0.1, 0.15) is 78.1 Å². The van der Waals surface area contributed by atoms with E-state index in [0.717, 1.165) is 13.1 Å². The second-order valence-corrected chi connectivity index (χ2v) is 4.69. The molecule has 0 aliphatic heterocycles. The standard InChI is InChI=1S/2C7H17N.CH2O3/c2*1-2-3-4-5-6-7-8;2-1(3)4/h2*2-8H2,1H3;(H2,2,3,4). The molecule has 20 heavy (non-hydrogen) atoms. The zero-order chi connectivity index (χ0) is 16.1. The van der Waals surface area contributed by atoms with E-state index in [1.54, 1.807) is 0 Å². The molecular formula is C15H36N2O3. The lowest BCUT2D eigenvalue weighted by molar-refractivity contribution is 0.137. The van der Waals surface area contributed by atoms with Crippen LogP contribution in [0.5, 0.6) is 0 Å². The van der Waals surface area contributed by atoms with Gasteiger partial charge >= 0.3 is 6.16 Å². The first-order chi connectivity index (χ1) is 9.56. The maximum atomic E-state index is 8.56. The molecule has 0 fully saturated rings. The fraction of sp³-hybridized carbons (Fsp3) is 0.933. The predicted octanol–water partition coefficient (Wildman–Crippen LogP) is 4.05. The zero-order valence-electron chi connectivity index (χ0n) is 13.4. The van der Waals surface area contributed by atoms with Gasteiger partial charge in [0.1, 0.15) is 0 Å². The van der Waals surface area contributed by atoms with Gasteiger partial charge < -0.3 is 21.7 Å². The van der Waals surface area contributed by atoms with Crippen molar-refractivity contribution in [1.29, 1.82) is 0 Å². The van der Waals surface area contributed by atoms with Crippen LogP contribution in [0.2, 0.25) is 0 Å². The van der Waals surface area contributed by atoms with Gasteiger partial charge in [-0.25, -0.2) is 4.79 Å². The molecule has 0 aliphatic carbocycles. The van der Waals surface area contributed by atoms with Crippen LogP contribution in [-0.2, 0) is 0 Å². The molecule has 0 aliphatic rings. The molecule has 0 spiro atoms. The summed E-state index contributed by atoms with van der Waals surface area (Å²) < 4.78 is 0. The Balaban J connectivity index is -0.000000230. The first kappa shape index (κ1) is 24.2. The average molecular weight is 292 g/mol. The third-order valence-electron chi connectivity index (χ3n) is 2.62. The minimum absolute atomic E-state index is 0.865. The van der Waals surface area contributed by atoms with Gasteiger partial charge in [-0.05, 0) is 25.9 Å². The Morgan fingerprint density at radius 3 is 1.15 bits per heavy atom. The Morgan fingerprint density at radius 1 is 0.700 bits per heavy atom. The molecule has 0 bridgehead atoms. The molecule has 0 atom stereocenters. The Hall–Kier alpha value is -0.810. The highest BCUT2D eigenvalue weighted by Crippen LogP contribution is 2.00. The highest BCUT2D eigenvalue weighted by molar-refractivity contribution is 5.53. The average Bonchev–Trinajstić information content (AvgIpc) is 2.40.